The molecule has 2 aromatic carbocycles. The molecule has 3 aromatic rings. The van der Waals surface area contributed by atoms with Gasteiger partial charge in [-0.05, 0) is 54.8 Å². The van der Waals surface area contributed by atoms with E-state index in [1.165, 1.54) is 12.1 Å². The monoisotopic (exact) mass is 460 g/mol. The van der Waals surface area contributed by atoms with Crippen molar-refractivity contribution in [3.05, 3.63) is 75.8 Å². The van der Waals surface area contributed by atoms with Gasteiger partial charge in [0.15, 0.2) is 0 Å². The van der Waals surface area contributed by atoms with Crippen LogP contribution in [0.25, 0.3) is 22.4 Å². The molecule has 1 N–H and O–H groups in total. The lowest BCUT2D eigenvalue weighted by atomic mass is 9.96. The van der Waals surface area contributed by atoms with E-state index in [0.717, 1.165) is 42.6 Å². The number of benzene rings is 2. The van der Waals surface area contributed by atoms with E-state index in [2.05, 4.69) is 10.2 Å². The van der Waals surface area contributed by atoms with Gasteiger partial charge in [0.2, 0.25) is 0 Å². The molecule has 176 valence electrons. The van der Waals surface area contributed by atoms with Crippen LogP contribution in [0, 0.1) is 17.1 Å². The highest BCUT2D eigenvalue weighted by molar-refractivity contribution is 5.84. The van der Waals surface area contributed by atoms with Gasteiger partial charge >= 0.3 is 0 Å². The Hall–Kier alpha value is -3.47. The molecule has 1 aromatic heterocycles. The van der Waals surface area contributed by atoms with Crippen molar-refractivity contribution in [1.29, 1.82) is 5.26 Å². The molecule has 0 spiro atoms. The van der Waals surface area contributed by atoms with Gasteiger partial charge in [0.25, 0.3) is 5.56 Å². The van der Waals surface area contributed by atoms with Crippen LogP contribution < -0.4 is 15.8 Å². The predicted octanol–water partition coefficient (Wildman–Crippen LogP) is 4.06. The Balaban J connectivity index is 1.88. The summed E-state index contributed by atoms with van der Waals surface area (Å²) in [5, 5.41) is 12.5. The molecule has 2 heterocycles. The maximum Gasteiger partial charge on any atom is 0.274 e. The molecule has 34 heavy (non-hydrogen) atoms. The number of hydrogen-bond donors (Lipinski definition) is 1. The average Bonchev–Trinajstić information content (AvgIpc) is 2.86. The van der Waals surface area contributed by atoms with Gasteiger partial charge in [-0.1, -0.05) is 30.3 Å². The number of hydrogen-bond acceptors (Lipinski definition) is 5. The van der Waals surface area contributed by atoms with Crippen LogP contribution in [0.4, 0.5) is 10.1 Å². The van der Waals surface area contributed by atoms with E-state index in [-0.39, 0.29) is 11.1 Å². The lowest BCUT2D eigenvalue weighted by Gasteiger charge is -2.33. The van der Waals surface area contributed by atoms with Crippen molar-refractivity contribution < 1.29 is 9.13 Å². The van der Waals surface area contributed by atoms with Gasteiger partial charge in [0.05, 0.1) is 17.9 Å². The van der Waals surface area contributed by atoms with Crippen molar-refractivity contribution >= 4 is 5.69 Å². The first-order chi connectivity index (χ1) is 16.5. The number of halogens is 1. The Morgan fingerprint density at radius 2 is 1.79 bits per heavy atom. The second kappa shape index (κ2) is 10.2. The largest absolute Gasteiger partial charge is 0.380 e. The number of nitrogens with zero attached hydrogens (tertiary/aromatic N) is 3. The summed E-state index contributed by atoms with van der Waals surface area (Å²) in [5.41, 5.74) is 4.45. The number of anilines is 1. The predicted molar refractivity (Wildman–Crippen MR) is 132 cm³/mol. The fourth-order valence-corrected chi connectivity index (χ4v) is 4.62. The summed E-state index contributed by atoms with van der Waals surface area (Å²) in [6.07, 6.45) is 1.90. The maximum absolute atomic E-state index is 14.6. The Morgan fingerprint density at radius 3 is 2.38 bits per heavy atom. The third kappa shape index (κ3) is 4.60. The van der Waals surface area contributed by atoms with Crippen molar-refractivity contribution in [2.75, 3.05) is 32.1 Å². The van der Waals surface area contributed by atoms with E-state index in [9.17, 15) is 9.18 Å². The van der Waals surface area contributed by atoms with Gasteiger partial charge < -0.3 is 19.5 Å². The first kappa shape index (κ1) is 23.7. The average molecular weight is 461 g/mol. The topological polar surface area (TPSA) is 70.3 Å². The van der Waals surface area contributed by atoms with Crippen LogP contribution in [0.5, 0.6) is 0 Å². The number of nitrogens with one attached hydrogen (secondary N) is 1. The van der Waals surface area contributed by atoms with Crippen LogP contribution in [0.3, 0.4) is 0 Å². The lowest BCUT2D eigenvalue weighted by molar-refractivity contribution is 0.185. The minimum Gasteiger partial charge on any atom is -0.380 e. The standard InChI is InChI=1S/C27H29FN4O2/c1-30-22-10-12-32(13-11-22)25-15-23(20-8-9-21(16-29)24(28)14-20)26(31(2)27(25)33)19-6-4-18(5-7-19)17-34-3/h4-9,14-15,22,30H,10-13,17H2,1-3H3. The number of rotatable bonds is 6. The molecule has 0 aliphatic carbocycles. The minimum absolute atomic E-state index is 0.00611. The quantitative estimate of drug-likeness (QED) is 0.601. The number of piperidine rings is 1. The summed E-state index contributed by atoms with van der Waals surface area (Å²) >= 11 is 0. The molecule has 1 aliphatic rings. The molecule has 0 unspecified atom stereocenters. The number of aromatic nitrogens is 1. The number of pyridine rings is 1. The highest BCUT2D eigenvalue weighted by atomic mass is 19.1. The van der Waals surface area contributed by atoms with Gasteiger partial charge in [-0.25, -0.2) is 4.39 Å². The zero-order valence-electron chi connectivity index (χ0n) is 19.8. The van der Waals surface area contributed by atoms with E-state index in [1.807, 2.05) is 43.4 Å². The number of nitriles is 1. The van der Waals surface area contributed by atoms with Crippen LogP contribution in [0.2, 0.25) is 0 Å². The van der Waals surface area contributed by atoms with Gasteiger partial charge in [0.1, 0.15) is 17.6 Å². The Morgan fingerprint density at radius 1 is 1.12 bits per heavy atom. The summed E-state index contributed by atoms with van der Waals surface area (Å²) in [6, 6.07) is 16.6. The fourth-order valence-electron chi connectivity index (χ4n) is 4.62. The summed E-state index contributed by atoms with van der Waals surface area (Å²) in [7, 11) is 5.37. The molecule has 6 nitrogen and oxygen atoms in total. The van der Waals surface area contributed by atoms with Crippen molar-refractivity contribution in [2.45, 2.75) is 25.5 Å². The molecule has 0 atom stereocenters. The molecule has 0 bridgehead atoms. The maximum atomic E-state index is 14.6. The van der Waals surface area contributed by atoms with Crippen molar-refractivity contribution in [1.82, 2.24) is 9.88 Å². The molecular weight excluding hydrogens is 431 g/mol. The third-order valence-corrected chi connectivity index (χ3v) is 6.58. The second-order valence-electron chi connectivity index (χ2n) is 8.64. The van der Waals surface area contributed by atoms with E-state index in [0.29, 0.717) is 29.6 Å². The molecule has 0 radical (unpaired) electrons. The minimum atomic E-state index is -0.577. The van der Waals surface area contributed by atoms with Crippen LogP contribution in [0.15, 0.2) is 53.3 Å². The molecule has 1 saturated heterocycles. The molecule has 0 amide bonds. The lowest BCUT2D eigenvalue weighted by Crippen LogP contribution is -2.43. The van der Waals surface area contributed by atoms with Crippen molar-refractivity contribution in [3.8, 4) is 28.5 Å². The Bertz CT molecular complexity index is 1270. The zero-order chi connectivity index (χ0) is 24.2. The Labute approximate surface area is 199 Å². The zero-order valence-corrected chi connectivity index (χ0v) is 19.8. The second-order valence-corrected chi connectivity index (χ2v) is 8.64. The SMILES string of the molecule is CNC1CCN(c2cc(-c3ccc(C#N)c(F)c3)c(-c3ccc(COC)cc3)n(C)c2=O)CC1. The molecule has 1 fully saturated rings. The first-order valence-electron chi connectivity index (χ1n) is 11.4. The van der Waals surface area contributed by atoms with Gasteiger partial charge in [-0.2, -0.15) is 5.26 Å². The molecular formula is C27H29FN4O2. The summed E-state index contributed by atoms with van der Waals surface area (Å²) in [5.74, 6) is -0.577. The van der Waals surface area contributed by atoms with Crippen molar-refractivity contribution in [2.24, 2.45) is 7.05 Å². The molecule has 1 aliphatic heterocycles. The van der Waals surface area contributed by atoms with E-state index < -0.39 is 5.82 Å². The number of methoxy groups -OCH3 is 1. The molecule has 0 saturated carbocycles. The van der Waals surface area contributed by atoms with Gasteiger partial charge in [0, 0.05) is 38.9 Å². The fraction of sp³-hybridized carbons (Fsp3) is 0.333. The normalized spacial score (nSPS) is 14.3. The van der Waals surface area contributed by atoms with Crippen LogP contribution in [-0.2, 0) is 18.4 Å². The van der Waals surface area contributed by atoms with Crippen molar-refractivity contribution in [3.63, 3.8) is 0 Å². The summed E-state index contributed by atoms with van der Waals surface area (Å²) < 4.78 is 21.5. The van der Waals surface area contributed by atoms with E-state index >= 15 is 0 Å². The highest BCUT2D eigenvalue weighted by Crippen LogP contribution is 2.35. The highest BCUT2D eigenvalue weighted by Gasteiger charge is 2.24. The Kier molecular flexibility index (Phi) is 7.11. The van der Waals surface area contributed by atoms with Crippen LogP contribution in [-0.4, -0.2) is 37.9 Å². The summed E-state index contributed by atoms with van der Waals surface area (Å²) in [6.45, 7) is 2.04. The molecule has 7 heteroatoms. The molecule has 4 rings (SSSR count). The van der Waals surface area contributed by atoms with E-state index in [4.69, 9.17) is 10.00 Å². The van der Waals surface area contributed by atoms with Gasteiger partial charge in [-0.3, -0.25) is 4.79 Å². The third-order valence-electron chi connectivity index (χ3n) is 6.58. The van der Waals surface area contributed by atoms with Crippen LogP contribution in [0.1, 0.15) is 24.0 Å². The summed E-state index contributed by atoms with van der Waals surface area (Å²) in [4.78, 5) is 15.6. The number of ether oxygens (including phenoxy) is 1. The van der Waals surface area contributed by atoms with Gasteiger partial charge in [-0.15, -0.1) is 0 Å². The smallest absolute Gasteiger partial charge is 0.274 e. The van der Waals surface area contributed by atoms with E-state index in [1.54, 1.807) is 24.8 Å². The first-order valence-corrected chi connectivity index (χ1v) is 11.4. The van der Waals surface area contributed by atoms with Crippen LogP contribution >= 0.6 is 0 Å².